The number of anilines is 1. The first kappa shape index (κ1) is 14.5. The van der Waals surface area contributed by atoms with Crippen LogP contribution in [0.1, 0.15) is 20.8 Å². The smallest absolute Gasteiger partial charge is 0.360 e. The average molecular weight is 312 g/mol. The molecule has 1 amide bonds. The van der Waals surface area contributed by atoms with Gasteiger partial charge in [0.1, 0.15) is 6.26 Å². The minimum Gasteiger partial charge on any atom is -0.472 e. The van der Waals surface area contributed by atoms with Crippen LogP contribution >= 0.6 is 0 Å². The molecule has 0 bridgehead atoms. The Morgan fingerprint density at radius 3 is 2.83 bits per heavy atom. The molecule has 0 aliphatic heterocycles. The summed E-state index contributed by atoms with van der Waals surface area (Å²) in [6.07, 6.45) is 4.19. The molecule has 0 unspecified atom stereocenters. The summed E-state index contributed by atoms with van der Waals surface area (Å²) in [5, 5.41) is 10.4. The third kappa shape index (κ3) is 2.95. The number of aromatic nitrogens is 3. The van der Waals surface area contributed by atoms with Crippen LogP contribution in [0.4, 0.5) is 5.69 Å². The zero-order valence-electron chi connectivity index (χ0n) is 12.1. The molecule has 0 saturated heterocycles. The van der Waals surface area contributed by atoms with Gasteiger partial charge in [-0.15, -0.1) is 5.10 Å². The van der Waals surface area contributed by atoms with Crippen molar-refractivity contribution < 1.29 is 18.7 Å². The van der Waals surface area contributed by atoms with Gasteiger partial charge < -0.3 is 14.5 Å². The highest BCUT2D eigenvalue weighted by Crippen LogP contribution is 2.20. The molecular weight excluding hydrogens is 300 g/mol. The van der Waals surface area contributed by atoms with Crippen molar-refractivity contribution in [1.29, 1.82) is 0 Å². The molecule has 2 aromatic heterocycles. The molecule has 0 atom stereocenters. The minimum absolute atomic E-state index is 0.0727. The number of carbonyl (C=O) groups excluding carboxylic acids is 2. The summed E-state index contributed by atoms with van der Waals surface area (Å²) in [7, 11) is 1.26. The molecule has 0 radical (unpaired) electrons. The normalized spacial score (nSPS) is 10.3. The average Bonchev–Trinajstić information content (AvgIpc) is 3.26. The van der Waals surface area contributed by atoms with E-state index < -0.39 is 5.97 Å². The molecule has 8 nitrogen and oxygen atoms in total. The molecule has 0 saturated carbocycles. The van der Waals surface area contributed by atoms with Crippen molar-refractivity contribution in [2.45, 2.75) is 0 Å². The van der Waals surface area contributed by atoms with E-state index in [1.807, 2.05) is 0 Å². The Kier molecular flexibility index (Phi) is 3.88. The summed E-state index contributed by atoms with van der Waals surface area (Å²) in [5.41, 5.74) is 1.55. The predicted molar refractivity (Wildman–Crippen MR) is 79.4 cm³/mol. The first-order chi connectivity index (χ1) is 11.2. The number of esters is 1. The van der Waals surface area contributed by atoms with Crippen molar-refractivity contribution in [2.75, 3.05) is 12.4 Å². The molecule has 3 rings (SSSR count). The van der Waals surface area contributed by atoms with Crippen molar-refractivity contribution in [3.8, 4) is 5.69 Å². The van der Waals surface area contributed by atoms with Crippen LogP contribution in [0.5, 0.6) is 0 Å². The lowest BCUT2D eigenvalue weighted by Gasteiger charge is -2.09. The van der Waals surface area contributed by atoms with Gasteiger partial charge in [0.05, 0.1) is 36.5 Å². The van der Waals surface area contributed by atoms with E-state index in [0.717, 1.165) is 0 Å². The molecule has 0 fully saturated rings. The number of nitrogens with zero attached hydrogens (tertiary/aromatic N) is 3. The summed E-state index contributed by atoms with van der Waals surface area (Å²) < 4.78 is 10.9. The summed E-state index contributed by atoms with van der Waals surface area (Å²) >= 11 is 0. The van der Waals surface area contributed by atoms with Gasteiger partial charge in [0.15, 0.2) is 5.69 Å². The lowest BCUT2D eigenvalue weighted by Crippen LogP contribution is -2.13. The van der Waals surface area contributed by atoms with Gasteiger partial charge in [-0.2, -0.15) is 0 Å². The van der Waals surface area contributed by atoms with Crippen molar-refractivity contribution in [1.82, 2.24) is 15.0 Å². The molecule has 2 heterocycles. The van der Waals surface area contributed by atoms with E-state index in [4.69, 9.17) is 4.42 Å². The lowest BCUT2D eigenvalue weighted by atomic mass is 10.2. The molecule has 1 N–H and O–H groups in total. The third-order valence-corrected chi connectivity index (χ3v) is 3.07. The van der Waals surface area contributed by atoms with Gasteiger partial charge in [-0.1, -0.05) is 17.3 Å². The topological polar surface area (TPSA) is 99.2 Å². The fourth-order valence-corrected chi connectivity index (χ4v) is 1.95. The quantitative estimate of drug-likeness (QED) is 0.739. The number of furan rings is 1. The Labute approximate surface area is 130 Å². The van der Waals surface area contributed by atoms with E-state index in [0.29, 0.717) is 16.9 Å². The Balaban J connectivity index is 1.90. The van der Waals surface area contributed by atoms with E-state index in [1.54, 1.807) is 30.3 Å². The second kappa shape index (κ2) is 6.14. The van der Waals surface area contributed by atoms with Gasteiger partial charge in [0.25, 0.3) is 5.91 Å². The van der Waals surface area contributed by atoms with Gasteiger partial charge in [0.2, 0.25) is 0 Å². The van der Waals surface area contributed by atoms with E-state index in [9.17, 15) is 9.59 Å². The second-order valence-corrected chi connectivity index (χ2v) is 4.52. The van der Waals surface area contributed by atoms with Crippen LogP contribution in [0.15, 0.2) is 53.5 Å². The molecule has 1 aromatic carbocycles. The van der Waals surface area contributed by atoms with Crippen molar-refractivity contribution in [3.05, 3.63) is 60.3 Å². The zero-order valence-corrected chi connectivity index (χ0v) is 12.1. The number of hydrogen-bond acceptors (Lipinski definition) is 6. The summed E-state index contributed by atoms with van der Waals surface area (Å²) in [5.74, 6) is -0.907. The maximum atomic E-state index is 12.1. The SMILES string of the molecule is COC(=O)c1cn(-c2ccccc2NC(=O)c2ccoc2)nn1. The number of amides is 1. The number of methoxy groups -OCH3 is 1. The largest absolute Gasteiger partial charge is 0.472 e. The Bertz CT molecular complexity index is 839. The maximum absolute atomic E-state index is 12.1. The highest BCUT2D eigenvalue weighted by atomic mass is 16.5. The van der Waals surface area contributed by atoms with Crippen molar-refractivity contribution in [2.24, 2.45) is 0 Å². The molecule has 0 aliphatic carbocycles. The number of hydrogen-bond donors (Lipinski definition) is 1. The van der Waals surface area contributed by atoms with Crippen LogP contribution in [-0.2, 0) is 4.74 Å². The van der Waals surface area contributed by atoms with Gasteiger partial charge in [-0.05, 0) is 18.2 Å². The van der Waals surface area contributed by atoms with Gasteiger partial charge >= 0.3 is 5.97 Å². The molecular formula is C15H12N4O4. The standard InChI is InChI=1S/C15H12N4O4/c1-22-15(21)12-8-19(18-17-12)13-5-3-2-4-11(13)16-14(20)10-6-7-23-9-10/h2-9H,1H3,(H,16,20). The monoisotopic (exact) mass is 312 g/mol. The summed E-state index contributed by atoms with van der Waals surface area (Å²) in [6.45, 7) is 0. The molecule has 8 heteroatoms. The van der Waals surface area contributed by atoms with E-state index in [2.05, 4.69) is 20.4 Å². The number of rotatable bonds is 4. The number of para-hydroxylation sites is 2. The number of carbonyl (C=O) groups is 2. The van der Waals surface area contributed by atoms with Gasteiger partial charge in [-0.25, -0.2) is 9.48 Å². The summed E-state index contributed by atoms with van der Waals surface area (Å²) in [6, 6.07) is 8.56. The van der Waals surface area contributed by atoms with Crippen molar-refractivity contribution in [3.63, 3.8) is 0 Å². The maximum Gasteiger partial charge on any atom is 0.360 e. The lowest BCUT2D eigenvalue weighted by molar-refractivity contribution is 0.0593. The minimum atomic E-state index is -0.587. The van der Waals surface area contributed by atoms with Crippen molar-refractivity contribution >= 4 is 17.6 Å². The molecule has 0 aliphatic rings. The van der Waals surface area contributed by atoms with Crippen LogP contribution < -0.4 is 5.32 Å². The Morgan fingerprint density at radius 2 is 2.09 bits per heavy atom. The van der Waals surface area contributed by atoms with E-state index in [1.165, 1.54) is 30.5 Å². The zero-order chi connectivity index (χ0) is 16.2. The number of ether oxygens (including phenoxy) is 1. The van der Waals surface area contributed by atoms with Crippen LogP contribution in [0, 0.1) is 0 Å². The first-order valence-corrected chi connectivity index (χ1v) is 6.62. The molecule has 0 spiro atoms. The second-order valence-electron chi connectivity index (χ2n) is 4.52. The van der Waals surface area contributed by atoms with Crippen LogP contribution in [0.2, 0.25) is 0 Å². The predicted octanol–water partition coefficient (Wildman–Crippen LogP) is 1.90. The van der Waals surface area contributed by atoms with Crippen LogP contribution in [0.3, 0.4) is 0 Å². The van der Waals surface area contributed by atoms with E-state index in [-0.39, 0.29) is 11.6 Å². The Hall–Kier alpha value is -3.42. The van der Waals surface area contributed by atoms with Gasteiger partial charge in [0, 0.05) is 0 Å². The molecule has 23 heavy (non-hydrogen) atoms. The molecule has 116 valence electrons. The Morgan fingerprint density at radius 1 is 1.26 bits per heavy atom. The summed E-state index contributed by atoms with van der Waals surface area (Å²) in [4.78, 5) is 23.6. The number of nitrogens with one attached hydrogen (secondary N) is 1. The third-order valence-electron chi connectivity index (χ3n) is 3.07. The first-order valence-electron chi connectivity index (χ1n) is 6.62. The fourth-order valence-electron chi connectivity index (χ4n) is 1.95. The van der Waals surface area contributed by atoms with Gasteiger partial charge in [-0.3, -0.25) is 4.79 Å². The highest BCUT2D eigenvalue weighted by Gasteiger charge is 2.15. The van der Waals surface area contributed by atoms with E-state index >= 15 is 0 Å². The molecule has 3 aromatic rings. The highest BCUT2D eigenvalue weighted by molar-refractivity contribution is 6.05. The fraction of sp³-hybridized carbons (Fsp3) is 0.0667. The number of benzene rings is 1. The van der Waals surface area contributed by atoms with Crippen LogP contribution in [0.25, 0.3) is 5.69 Å². The van der Waals surface area contributed by atoms with Crippen LogP contribution in [-0.4, -0.2) is 34.0 Å².